The molecule has 236 valence electrons. The summed E-state index contributed by atoms with van der Waals surface area (Å²) in [5, 5.41) is 0. The van der Waals surface area contributed by atoms with E-state index in [2.05, 4.69) is 18.7 Å². The lowest BCUT2D eigenvalue weighted by Crippen LogP contribution is -2.62. The van der Waals surface area contributed by atoms with E-state index in [0.717, 1.165) is 45.1 Å². The van der Waals surface area contributed by atoms with Crippen LogP contribution in [0, 0.1) is 40.4 Å². The van der Waals surface area contributed by atoms with Crippen LogP contribution in [0.25, 0.3) is 0 Å². The fraction of sp³-hybridized carbons (Fsp3) is 0.943. The van der Waals surface area contributed by atoms with Gasteiger partial charge in [-0.2, -0.15) is 0 Å². The van der Waals surface area contributed by atoms with E-state index in [0.29, 0.717) is 29.7 Å². The third kappa shape index (κ3) is 4.96. The van der Waals surface area contributed by atoms with Crippen molar-refractivity contribution in [2.75, 3.05) is 45.9 Å². The number of ether oxygens (including phenoxy) is 3. The highest BCUT2D eigenvalue weighted by atomic mass is 16.5. The van der Waals surface area contributed by atoms with Crippen LogP contribution in [0.5, 0.6) is 0 Å². The number of morpholine rings is 1. The summed E-state index contributed by atoms with van der Waals surface area (Å²) >= 11 is 0. The lowest BCUT2D eigenvalue weighted by Gasteiger charge is -2.62. The zero-order chi connectivity index (χ0) is 29.3. The molecule has 2 saturated heterocycles. The zero-order valence-electron chi connectivity index (χ0n) is 26.9. The second-order valence-electron chi connectivity index (χ2n) is 16.3. The zero-order valence-corrected chi connectivity index (χ0v) is 26.9. The number of carbonyl (C=O) groups excluding carboxylic acids is 2. The third-order valence-corrected chi connectivity index (χ3v) is 14.2. The fourth-order valence-corrected chi connectivity index (χ4v) is 12.2. The monoisotopic (exact) mass is 585 g/mol. The van der Waals surface area contributed by atoms with Crippen molar-refractivity contribution in [2.24, 2.45) is 40.4 Å². The Labute approximate surface area is 253 Å². The Bertz CT molecular complexity index is 1030. The quantitative estimate of drug-likeness (QED) is 0.315. The van der Waals surface area contributed by atoms with E-state index >= 15 is 0 Å². The minimum Gasteiger partial charge on any atom is -0.461 e. The number of hydrogen-bond donors (Lipinski definition) is 0. The van der Waals surface area contributed by atoms with Gasteiger partial charge >= 0.3 is 11.9 Å². The Morgan fingerprint density at radius 1 is 0.881 bits per heavy atom. The van der Waals surface area contributed by atoms with Gasteiger partial charge in [-0.15, -0.1) is 0 Å². The molecule has 7 rings (SSSR count). The predicted octanol–water partition coefficient (Wildman–Crippen LogP) is 5.20. The molecule has 0 aromatic carbocycles. The lowest BCUT2D eigenvalue weighted by molar-refractivity contribution is -0.944. The Hall–Kier alpha value is -1.18. The van der Waals surface area contributed by atoms with Gasteiger partial charge in [-0.05, 0) is 80.5 Å². The normalized spacial score (nSPS) is 46.8. The molecule has 0 amide bonds. The highest BCUT2D eigenvalue weighted by Crippen LogP contribution is 2.68. The second-order valence-corrected chi connectivity index (χ2v) is 16.3. The highest BCUT2D eigenvalue weighted by Gasteiger charge is 2.68. The van der Waals surface area contributed by atoms with E-state index in [-0.39, 0.29) is 41.0 Å². The molecular formula is C35H57N2O5+. The van der Waals surface area contributed by atoms with Gasteiger partial charge < -0.3 is 18.7 Å². The summed E-state index contributed by atoms with van der Waals surface area (Å²) in [4.78, 5) is 27.4. The molecule has 0 bridgehead atoms. The number of carbonyl (C=O) groups is 2. The van der Waals surface area contributed by atoms with E-state index in [1.807, 2.05) is 0 Å². The smallest absolute Gasteiger partial charge is 0.303 e. The predicted molar refractivity (Wildman–Crippen MR) is 160 cm³/mol. The van der Waals surface area contributed by atoms with Crippen LogP contribution in [0.4, 0.5) is 0 Å². The molecule has 2 heterocycles. The van der Waals surface area contributed by atoms with Crippen molar-refractivity contribution in [1.82, 2.24) is 4.90 Å². The van der Waals surface area contributed by atoms with Crippen molar-refractivity contribution >= 4 is 11.9 Å². The van der Waals surface area contributed by atoms with Crippen LogP contribution in [0.3, 0.4) is 0 Å². The van der Waals surface area contributed by atoms with Crippen LogP contribution >= 0.6 is 0 Å². The van der Waals surface area contributed by atoms with Gasteiger partial charge in [-0.25, -0.2) is 0 Å². The van der Waals surface area contributed by atoms with Gasteiger partial charge in [-0.3, -0.25) is 14.5 Å². The fourth-order valence-electron chi connectivity index (χ4n) is 12.2. The first kappa shape index (κ1) is 29.5. The number of esters is 2. The van der Waals surface area contributed by atoms with E-state index in [9.17, 15) is 9.59 Å². The van der Waals surface area contributed by atoms with Crippen molar-refractivity contribution in [3.8, 4) is 0 Å². The van der Waals surface area contributed by atoms with Crippen LogP contribution in [-0.2, 0) is 23.8 Å². The van der Waals surface area contributed by atoms with Crippen LogP contribution in [0.15, 0.2) is 0 Å². The molecule has 7 aliphatic rings. The topological polar surface area (TPSA) is 65.1 Å². The van der Waals surface area contributed by atoms with E-state index in [1.54, 1.807) is 13.8 Å². The summed E-state index contributed by atoms with van der Waals surface area (Å²) in [5.74, 6) is 3.32. The molecule has 42 heavy (non-hydrogen) atoms. The number of hydrogen-bond acceptors (Lipinski definition) is 6. The average molecular weight is 586 g/mol. The molecule has 0 unspecified atom stereocenters. The maximum Gasteiger partial charge on any atom is 0.303 e. The summed E-state index contributed by atoms with van der Waals surface area (Å²) in [5.41, 5.74) is 0.337. The van der Waals surface area contributed by atoms with Gasteiger partial charge in [0, 0.05) is 63.6 Å². The highest BCUT2D eigenvalue weighted by molar-refractivity contribution is 5.66. The molecule has 0 spiro atoms. The van der Waals surface area contributed by atoms with Crippen molar-refractivity contribution < 1.29 is 28.3 Å². The second kappa shape index (κ2) is 11.0. The molecule has 7 heteroatoms. The first-order valence-corrected chi connectivity index (χ1v) is 17.6. The van der Waals surface area contributed by atoms with Crippen molar-refractivity contribution in [3.63, 3.8) is 0 Å². The minimum atomic E-state index is -0.136. The molecule has 0 aromatic rings. The van der Waals surface area contributed by atoms with Gasteiger partial charge in [0.05, 0.1) is 32.8 Å². The van der Waals surface area contributed by atoms with Gasteiger partial charge in [0.2, 0.25) is 0 Å². The molecule has 0 N–H and O–H groups in total. The maximum atomic E-state index is 12.7. The van der Waals surface area contributed by atoms with E-state index < -0.39 is 0 Å². The number of fused-ring (bicyclic) bond motifs is 5. The minimum absolute atomic E-state index is 0.00441. The number of nitrogens with zero attached hydrogens (tertiary/aromatic N) is 2. The Morgan fingerprint density at radius 3 is 2.26 bits per heavy atom. The Kier molecular flexibility index (Phi) is 7.74. The molecule has 2 aliphatic heterocycles. The summed E-state index contributed by atoms with van der Waals surface area (Å²) < 4.78 is 19.5. The molecule has 7 fully saturated rings. The van der Waals surface area contributed by atoms with Crippen molar-refractivity contribution in [1.29, 1.82) is 0 Å². The molecular weight excluding hydrogens is 528 g/mol. The Balaban J connectivity index is 1.18. The summed E-state index contributed by atoms with van der Waals surface area (Å²) in [6.45, 7) is 15.7. The van der Waals surface area contributed by atoms with Crippen molar-refractivity contribution in [3.05, 3.63) is 0 Å². The van der Waals surface area contributed by atoms with Crippen LogP contribution in [-0.4, -0.2) is 91.6 Å². The molecule has 5 saturated carbocycles. The third-order valence-electron chi connectivity index (χ3n) is 14.2. The maximum absolute atomic E-state index is 12.7. The standard InChI is InChI=1S/C35H57N2O5/c1-23(38)41-32-19-26-9-10-27-28(35(26,4)21-30(32)36-13-17-40-18-14-36)11-12-34(3)29(27)20-31(33(34)42-24(2)39)37(15-5-6-16-37)22-25-7-8-25/h25-33H,5-22H2,1-4H3/q+1/t26-,27+,28-,29-,30-,31-,32-,33-,34-,35-/m0/s1. The van der Waals surface area contributed by atoms with Crippen LogP contribution in [0.2, 0.25) is 0 Å². The van der Waals surface area contributed by atoms with Gasteiger partial charge in [0.15, 0.2) is 6.10 Å². The van der Waals surface area contributed by atoms with Crippen molar-refractivity contribution in [2.45, 2.75) is 123 Å². The largest absolute Gasteiger partial charge is 0.461 e. The molecule has 0 aromatic heterocycles. The number of quaternary nitrogens is 1. The van der Waals surface area contributed by atoms with E-state index in [1.165, 1.54) is 81.9 Å². The summed E-state index contributed by atoms with van der Waals surface area (Å²) in [6, 6.07) is 0.755. The van der Waals surface area contributed by atoms with E-state index in [4.69, 9.17) is 14.2 Å². The SMILES string of the molecule is CC(=O)O[C@H]1C[C@@H]2CC[C@@H]3[C@H](CC[C@@]4(C)[C@H]3C[C@H]([N+]3(CC5CC5)CCCC3)[C@@H]4OC(C)=O)[C@@]2(C)C[C@@H]1N1CCOCC1. The van der Waals surface area contributed by atoms with Gasteiger partial charge in [0.25, 0.3) is 0 Å². The van der Waals surface area contributed by atoms with Gasteiger partial charge in [-0.1, -0.05) is 13.8 Å². The number of likely N-dealkylation sites (tertiary alicyclic amines) is 1. The first-order valence-electron chi connectivity index (χ1n) is 17.6. The van der Waals surface area contributed by atoms with Gasteiger partial charge in [0.1, 0.15) is 12.1 Å². The molecule has 0 radical (unpaired) electrons. The molecule has 7 nitrogen and oxygen atoms in total. The first-order chi connectivity index (χ1) is 20.1. The Morgan fingerprint density at radius 2 is 1.60 bits per heavy atom. The van der Waals surface area contributed by atoms with Crippen LogP contribution in [0.1, 0.15) is 98.3 Å². The lowest BCUT2D eigenvalue weighted by atomic mass is 9.44. The summed E-state index contributed by atoms with van der Waals surface area (Å²) in [7, 11) is 0. The van der Waals surface area contributed by atoms with Crippen LogP contribution < -0.4 is 0 Å². The molecule has 10 atom stereocenters. The summed E-state index contributed by atoms with van der Waals surface area (Å²) in [6.07, 6.45) is 13.8. The molecule has 5 aliphatic carbocycles. The average Bonchev–Trinajstić information content (AvgIpc) is 3.55. The number of rotatable bonds is 6.